The Labute approximate surface area is 106 Å². The van der Waals surface area contributed by atoms with Gasteiger partial charge in [0.15, 0.2) is 0 Å². The quantitative estimate of drug-likeness (QED) is 0.647. The predicted octanol–water partition coefficient (Wildman–Crippen LogP) is 0.0343. The van der Waals surface area contributed by atoms with Crippen molar-refractivity contribution in [1.82, 2.24) is 10.4 Å². The summed E-state index contributed by atoms with van der Waals surface area (Å²) in [5, 5.41) is 10.7. The molecule has 1 rings (SSSR count). The molecule has 0 aromatic carbocycles. The van der Waals surface area contributed by atoms with Crippen molar-refractivity contribution in [3.63, 3.8) is 0 Å². The van der Waals surface area contributed by atoms with E-state index in [9.17, 15) is 14.7 Å². The number of hydrogen-bond acceptors (Lipinski definition) is 6. The average Bonchev–Trinajstić information content (AvgIpc) is 2.24. The van der Waals surface area contributed by atoms with Crippen molar-refractivity contribution in [3.05, 3.63) is 0 Å². The molecule has 1 fully saturated rings. The molecule has 0 aromatic rings. The molecule has 2 N–H and O–H groups in total. The zero-order valence-electron chi connectivity index (χ0n) is 11.1. The third-order valence-electron chi connectivity index (χ3n) is 2.31. The summed E-state index contributed by atoms with van der Waals surface area (Å²) >= 11 is 0. The molecule has 0 aliphatic carbocycles. The van der Waals surface area contributed by atoms with Gasteiger partial charge in [0.2, 0.25) is 0 Å². The molecule has 0 saturated carbocycles. The van der Waals surface area contributed by atoms with Crippen molar-refractivity contribution in [1.29, 1.82) is 0 Å². The molecule has 104 valence electrons. The van der Waals surface area contributed by atoms with E-state index in [1.54, 1.807) is 20.8 Å². The van der Waals surface area contributed by atoms with Gasteiger partial charge in [-0.3, -0.25) is 4.79 Å². The molecule has 0 aromatic heterocycles. The molecule has 0 radical (unpaired) electrons. The Morgan fingerprint density at radius 2 is 2.00 bits per heavy atom. The number of ether oxygens (including phenoxy) is 2. The van der Waals surface area contributed by atoms with Crippen LogP contribution in [0.2, 0.25) is 0 Å². The summed E-state index contributed by atoms with van der Waals surface area (Å²) in [5.74, 6) is -0.526. The molecule has 1 saturated heterocycles. The molecule has 0 spiro atoms. The molecule has 1 amide bonds. The first-order chi connectivity index (χ1) is 8.23. The highest BCUT2D eigenvalue weighted by molar-refractivity contribution is 5.77. The maximum atomic E-state index is 11.8. The molecule has 7 nitrogen and oxygen atoms in total. The van der Waals surface area contributed by atoms with E-state index < -0.39 is 29.8 Å². The number of rotatable bonds is 1. The van der Waals surface area contributed by atoms with E-state index in [-0.39, 0.29) is 13.0 Å². The molecule has 0 bridgehead atoms. The Kier molecular flexibility index (Phi) is 4.53. The van der Waals surface area contributed by atoms with Crippen LogP contribution in [0.5, 0.6) is 0 Å². The van der Waals surface area contributed by atoms with E-state index in [2.05, 4.69) is 10.2 Å². The first kappa shape index (κ1) is 14.7. The summed E-state index contributed by atoms with van der Waals surface area (Å²) in [6.07, 6.45) is -1.22. The largest absolute Gasteiger partial charge is 0.468 e. The van der Waals surface area contributed by atoms with Crippen LogP contribution >= 0.6 is 0 Å². The van der Waals surface area contributed by atoms with Crippen LogP contribution in [-0.2, 0) is 14.3 Å². The molecular weight excluding hydrogens is 240 g/mol. The lowest BCUT2D eigenvalue weighted by atomic mass is 10.1. The number of nitrogens with one attached hydrogen (secondary N) is 1. The second kappa shape index (κ2) is 5.53. The van der Waals surface area contributed by atoms with Crippen LogP contribution in [0.1, 0.15) is 27.2 Å². The minimum Gasteiger partial charge on any atom is -0.468 e. The highest BCUT2D eigenvalue weighted by Gasteiger charge is 2.35. The van der Waals surface area contributed by atoms with Gasteiger partial charge in [-0.15, -0.1) is 0 Å². The Morgan fingerprint density at radius 1 is 1.39 bits per heavy atom. The SMILES string of the molecule is COC(=O)[C@@H]1C[C@@H](O)CN(C(=O)OC(C)(C)C)N1. The van der Waals surface area contributed by atoms with E-state index in [0.717, 1.165) is 5.01 Å². The summed E-state index contributed by atoms with van der Waals surface area (Å²) in [6.45, 7) is 5.29. The normalized spacial score (nSPS) is 24.6. The fraction of sp³-hybridized carbons (Fsp3) is 0.818. The molecule has 7 heteroatoms. The minimum atomic E-state index is -0.789. The summed E-state index contributed by atoms with van der Waals surface area (Å²) in [4.78, 5) is 23.2. The van der Waals surface area contributed by atoms with Crippen LogP contribution < -0.4 is 5.43 Å². The smallest absolute Gasteiger partial charge is 0.424 e. The Bertz CT molecular complexity index is 326. The molecule has 1 heterocycles. The molecular formula is C11H20N2O5. The predicted molar refractivity (Wildman–Crippen MR) is 62.5 cm³/mol. The Balaban J connectivity index is 2.66. The summed E-state index contributed by atoms with van der Waals surface area (Å²) in [6, 6.07) is -0.744. The van der Waals surface area contributed by atoms with Crippen LogP contribution in [0.4, 0.5) is 4.79 Å². The van der Waals surface area contributed by atoms with E-state index in [0.29, 0.717) is 0 Å². The lowest BCUT2D eigenvalue weighted by molar-refractivity contribution is -0.147. The first-order valence-corrected chi connectivity index (χ1v) is 5.75. The summed E-state index contributed by atoms with van der Waals surface area (Å²) < 4.78 is 9.72. The lowest BCUT2D eigenvalue weighted by Gasteiger charge is -2.36. The number of methoxy groups -OCH3 is 1. The van der Waals surface area contributed by atoms with Gasteiger partial charge in [0.05, 0.1) is 19.8 Å². The van der Waals surface area contributed by atoms with Gasteiger partial charge < -0.3 is 14.6 Å². The van der Waals surface area contributed by atoms with E-state index in [4.69, 9.17) is 4.74 Å². The number of hydrazine groups is 1. The highest BCUT2D eigenvalue weighted by Crippen LogP contribution is 2.14. The number of amides is 1. The lowest BCUT2D eigenvalue weighted by Crippen LogP contribution is -2.60. The molecule has 2 atom stereocenters. The van der Waals surface area contributed by atoms with Gasteiger partial charge >= 0.3 is 12.1 Å². The minimum absolute atomic E-state index is 0.0718. The van der Waals surface area contributed by atoms with Gasteiger partial charge in [0.1, 0.15) is 11.6 Å². The number of esters is 1. The molecule has 0 unspecified atom stereocenters. The van der Waals surface area contributed by atoms with Crippen LogP contribution in [0.25, 0.3) is 0 Å². The zero-order valence-corrected chi connectivity index (χ0v) is 11.1. The number of carbonyl (C=O) groups excluding carboxylic acids is 2. The topological polar surface area (TPSA) is 88.1 Å². The third-order valence-corrected chi connectivity index (χ3v) is 2.31. The second-order valence-electron chi connectivity index (χ2n) is 5.19. The van der Waals surface area contributed by atoms with Crippen LogP contribution in [-0.4, -0.2) is 53.6 Å². The number of nitrogens with zero attached hydrogens (tertiary/aromatic N) is 1. The highest BCUT2D eigenvalue weighted by atomic mass is 16.6. The van der Waals surface area contributed by atoms with Crippen LogP contribution in [0, 0.1) is 0 Å². The maximum absolute atomic E-state index is 11.8. The van der Waals surface area contributed by atoms with Crippen molar-refractivity contribution >= 4 is 12.1 Å². The first-order valence-electron chi connectivity index (χ1n) is 5.75. The van der Waals surface area contributed by atoms with Gasteiger partial charge in [-0.05, 0) is 20.8 Å². The van der Waals surface area contributed by atoms with E-state index in [1.165, 1.54) is 7.11 Å². The number of β-amino-alcohol motifs (C(OH)–C–C–N with tert-alkyl or cyclic N) is 1. The van der Waals surface area contributed by atoms with Gasteiger partial charge in [-0.2, -0.15) is 0 Å². The third kappa shape index (κ3) is 4.15. The van der Waals surface area contributed by atoms with Gasteiger partial charge in [-0.1, -0.05) is 0 Å². The summed E-state index contributed by atoms with van der Waals surface area (Å²) in [7, 11) is 1.25. The van der Waals surface area contributed by atoms with Crippen molar-refractivity contribution < 1.29 is 24.2 Å². The molecule has 18 heavy (non-hydrogen) atoms. The summed E-state index contributed by atoms with van der Waals surface area (Å²) in [5.41, 5.74) is 2.04. The van der Waals surface area contributed by atoms with Crippen molar-refractivity contribution in [3.8, 4) is 0 Å². The number of hydrogen-bond donors (Lipinski definition) is 2. The Morgan fingerprint density at radius 3 is 2.50 bits per heavy atom. The van der Waals surface area contributed by atoms with Crippen molar-refractivity contribution in [2.75, 3.05) is 13.7 Å². The number of aliphatic hydroxyl groups is 1. The second-order valence-corrected chi connectivity index (χ2v) is 5.19. The van der Waals surface area contributed by atoms with Gasteiger partial charge in [0.25, 0.3) is 0 Å². The van der Waals surface area contributed by atoms with Gasteiger partial charge in [0, 0.05) is 6.42 Å². The number of carbonyl (C=O) groups is 2. The maximum Gasteiger partial charge on any atom is 0.424 e. The zero-order chi connectivity index (χ0) is 13.9. The average molecular weight is 260 g/mol. The van der Waals surface area contributed by atoms with Crippen LogP contribution in [0.15, 0.2) is 0 Å². The van der Waals surface area contributed by atoms with E-state index >= 15 is 0 Å². The number of aliphatic hydroxyl groups excluding tert-OH is 1. The standard InChI is InChI=1S/C11H20N2O5/c1-11(2,3)18-10(16)13-6-7(14)5-8(12-13)9(15)17-4/h7-8,12,14H,5-6H2,1-4H3/t7-,8+/m1/s1. The molecule has 1 aliphatic rings. The van der Waals surface area contributed by atoms with Crippen LogP contribution in [0.3, 0.4) is 0 Å². The fourth-order valence-corrected chi connectivity index (χ4v) is 1.59. The van der Waals surface area contributed by atoms with E-state index in [1.807, 2.05) is 0 Å². The Hall–Kier alpha value is -1.34. The fourth-order valence-electron chi connectivity index (χ4n) is 1.59. The van der Waals surface area contributed by atoms with Crippen molar-refractivity contribution in [2.24, 2.45) is 0 Å². The van der Waals surface area contributed by atoms with Crippen molar-refractivity contribution in [2.45, 2.75) is 44.9 Å². The van der Waals surface area contributed by atoms with Gasteiger partial charge in [-0.25, -0.2) is 15.2 Å². The monoisotopic (exact) mass is 260 g/mol. The molecule has 1 aliphatic heterocycles.